The first-order valence-electron chi connectivity index (χ1n) is 7.31. The van der Waals surface area contributed by atoms with E-state index in [0.29, 0.717) is 19.8 Å². The van der Waals surface area contributed by atoms with Gasteiger partial charge in [0.1, 0.15) is 0 Å². The molecule has 0 spiro atoms. The van der Waals surface area contributed by atoms with E-state index in [4.69, 9.17) is 9.47 Å². The average Bonchev–Trinajstić information content (AvgIpc) is 2.81. The van der Waals surface area contributed by atoms with Gasteiger partial charge in [-0.1, -0.05) is 6.92 Å². The minimum Gasteiger partial charge on any atom is -0.376 e. The molecule has 0 radical (unpaired) electrons. The first kappa shape index (κ1) is 15.9. The normalized spacial score (nSPS) is 21.1. The second-order valence-electron chi connectivity index (χ2n) is 4.96. The van der Waals surface area contributed by atoms with Crippen LogP contribution in [0.2, 0.25) is 0 Å². The molecule has 1 N–H and O–H groups in total. The highest BCUT2D eigenvalue weighted by atomic mass is 79.9. The number of hydrogen-bond acceptors (Lipinski definition) is 4. The summed E-state index contributed by atoms with van der Waals surface area (Å²) in [5.74, 6) is 0. The van der Waals surface area contributed by atoms with Crippen molar-refractivity contribution in [1.82, 2.24) is 15.1 Å². The lowest BCUT2D eigenvalue weighted by Crippen LogP contribution is -2.46. The average molecular weight is 346 g/mol. The maximum atomic E-state index is 5.82. The highest BCUT2D eigenvalue weighted by Crippen LogP contribution is 2.24. The number of aryl methyl sites for hydroxylation is 2. The highest BCUT2D eigenvalue weighted by Gasteiger charge is 2.27. The van der Waals surface area contributed by atoms with E-state index in [2.05, 4.69) is 44.9 Å². The van der Waals surface area contributed by atoms with Crippen LogP contribution in [-0.4, -0.2) is 48.8 Å². The van der Waals surface area contributed by atoms with Gasteiger partial charge in [-0.05, 0) is 36.3 Å². The monoisotopic (exact) mass is 345 g/mol. The number of hydrogen-bond donors (Lipinski definition) is 1. The molecule has 5 nitrogen and oxygen atoms in total. The fourth-order valence-corrected chi connectivity index (χ4v) is 3.30. The van der Waals surface area contributed by atoms with Gasteiger partial charge in [0.15, 0.2) is 0 Å². The molecule has 1 aromatic rings. The van der Waals surface area contributed by atoms with Gasteiger partial charge in [-0.25, -0.2) is 0 Å². The van der Waals surface area contributed by atoms with E-state index in [9.17, 15) is 0 Å². The largest absolute Gasteiger partial charge is 0.376 e. The van der Waals surface area contributed by atoms with Gasteiger partial charge >= 0.3 is 0 Å². The maximum Gasteiger partial charge on any atom is 0.0965 e. The van der Waals surface area contributed by atoms with Crippen molar-refractivity contribution in [1.29, 1.82) is 0 Å². The lowest BCUT2D eigenvalue weighted by molar-refractivity contribution is -0.101. The van der Waals surface area contributed by atoms with Gasteiger partial charge in [0.25, 0.3) is 0 Å². The molecule has 2 rings (SSSR count). The summed E-state index contributed by atoms with van der Waals surface area (Å²) in [5.41, 5.74) is 2.36. The first-order valence-corrected chi connectivity index (χ1v) is 8.11. The Hall–Kier alpha value is -0.430. The third-order valence-electron chi connectivity index (χ3n) is 3.77. The Labute approximate surface area is 129 Å². The Morgan fingerprint density at radius 1 is 1.45 bits per heavy atom. The molecule has 2 heterocycles. The van der Waals surface area contributed by atoms with Crippen molar-refractivity contribution < 1.29 is 9.47 Å². The van der Waals surface area contributed by atoms with Gasteiger partial charge in [-0.3, -0.25) is 4.68 Å². The van der Waals surface area contributed by atoms with Crippen LogP contribution in [0.5, 0.6) is 0 Å². The van der Waals surface area contributed by atoms with Crippen LogP contribution >= 0.6 is 15.9 Å². The summed E-state index contributed by atoms with van der Waals surface area (Å²) in [4.78, 5) is 0. The summed E-state index contributed by atoms with van der Waals surface area (Å²) in [6.45, 7) is 7.17. The molecular weight excluding hydrogens is 322 g/mol. The first-order chi connectivity index (χ1) is 9.71. The van der Waals surface area contributed by atoms with Gasteiger partial charge in [-0.15, -0.1) is 0 Å². The Bertz CT molecular complexity index is 430. The lowest BCUT2D eigenvalue weighted by Gasteiger charge is -2.30. The number of rotatable bonds is 6. The molecule has 0 saturated carbocycles. The number of nitrogens with zero attached hydrogens (tertiary/aromatic N) is 2. The molecule has 1 aliphatic heterocycles. The van der Waals surface area contributed by atoms with E-state index in [0.717, 1.165) is 29.6 Å². The number of nitrogens with one attached hydrogen (secondary N) is 1. The van der Waals surface area contributed by atoms with Crippen molar-refractivity contribution in [2.45, 2.75) is 45.4 Å². The number of aromatic nitrogens is 2. The van der Waals surface area contributed by atoms with Crippen LogP contribution in [0.4, 0.5) is 0 Å². The Morgan fingerprint density at radius 2 is 2.25 bits per heavy atom. The molecule has 0 aliphatic carbocycles. The molecule has 1 aliphatic rings. The molecule has 1 saturated heterocycles. The maximum absolute atomic E-state index is 5.82. The Balaban J connectivity index is 2.15. The second kappa shape index (κ2) is 7.54. The summed E-state index contributed by atoms with van der Waals surface area (Å²) in [5, 5.41) is 8.01. The number of halogens is 1. The molecule has 2 atom stereocenters. The molecule has 20 heavy (non-hydrogen) atoms. The van der Waals surface area contributed by atoms with Crippen molar-refractivity contribution in [2.24, 2.45) is 0 Å². The molecule has 114 valence electrons. The second-order valence-corrected chi connectivity index (χ2v) is 5.75. The molecule has 2 unspecified atom stereocenters. The van der Waals surface area contributed by atoms with Gasteiger partial charge < -0.3 is 14.8 Å². The van der Waals surface area contributed by atoms with Crippen LogP contribution in [-0.2, 0) is 28.9 Å². The van der Waals surface area contributed by atoms with E-state index in [1.54, 1.807) is 0 Å². The molecule has 0 aromatic carbocycles. The molecular formula is C14H24BrN3O2. The smallest absolute Gasteiger partial charge is 0.0965 e. The van der Waals surface area contributed by atoms with E-state index >= 15 is 0 Å². The number of ether oxygens (including phenoxy) is 2. The Kier molecular flexibility index (Phi) is 6.01. The molecule has 6 heteroatoms. The zero-order chi connectivity index (χ0) is 14.5. The van der Waals surface area contributed by atoms with Crippen molar-refractivity contribution in [3.8, 4) is 0 Å². The predicted molar refractivity (Wildman–Crippen MR) is 82.1 cm³/mol. The minimum absolute atomic E-state index is 0.103. The number of likely N-dealkylation sites (N-methyl/N-ethyl adjacent to an activating group) is 1. The zero-order valence-electron chi connectivity index (χ0n) is 12.5. The highest BCUT2D eigenvalue weighted by molar-refractivity contribution is 9.10. The summed E-state index contributed by atoms with van der Waals surface area (Å²) >= 11 is 3.70. The Morgan fingerprint density at radius 3 is 2.80 bits per heavy atom. The van der Waals surface area contributed by atoms with Crippen LogP contribution in [0.1, 0.15) is 25.2 Å². The lowest BCUT2D eigenvalue weighted by atomic mass is 10.0. The molecule has 1 aromatic heterocycles. The topological polar surface area (TPSA) is 48.3 Å². The van der Waals surface area contributed by atoms with Crippen LogP contribution in [0.15, 0.2) is 4.47 Å². The molecule has 0 amide bonds. The standard InChI is InChI=1S/C14H24BrN3O2/c1-4-10-14(15)12(18(5-2)17-10)8-11(16-3)13-9-19-6-7-20-13/h11,13,16H,4-9H2,1-3H3. The fourth-order valence-electron chi connectivity index (χ4n) is 2.58. The van der Waals surface area contributed by atoms with E-state index < -0.39 is 0 Å². The van der Waals surface area contributed by atoms with Crippen LogP contribution in [0.3, 0.4) is 0 Å². The summed E-state index contributed by atoms with van der Waals surface area (Å²) < 4.78 is 14.6. The third-order valence-corrected chi connectivity index (χ3v) is 4.68. The zero-order valence-corrected chi connectivity index (χ0v) is 14.1. The van der Waals surface area contributed by atoms with Gasteiger partial charge in [0.05, 0.1) is 41.8 Å². The third kappa shape index (κ3) is 3.42. The van der Waals surface area contributed by atoms with Gasteiger partial charge in [0.2, 0.25) is 0 Å². The molecule has 1 fully saturated rings. The minimum atomic E-state index is 0.103. The van der Waals surface area contributed by atoms with Crippen LogP contribution in [0, 0.1) is 0 Å². The predicted octanol–water partition coefficient (Wildman–Crippen LogP) is 1.77. The van der Waals surface area contributed by atoms with Gasteiger partial charge in [-0.2, -0.15) is 5.10 Å². The van der Waals surface area contributed by atoms with E-state index in [1.807, 2.05) is 7.05 Å². The van der Waals surface area contributed by atoms with Crippen molar-refractivity contribution in [3.05, 3.63) is 15.9 Å². The SMILES string of the molecule is CCc1nn(CC)c(CC(NC)C2COCCO2)c1Br. The fraction of sp³-hybridized carbons (Fsp3) is 0.786. The summed E-state index contributed by atoms with van der Waals surface area (Å²) in [7, 11) is 1.98. The van der Waals surface area contributed by atoms with Crippen molar-refractivity contribution in [3.63, 3.8) is 0 Å². The quantitative estimate of drug-likeness (QED) is 0.853. The summed E-state index contributed by atoms with van der Waals surface area (Å²) in [6, 6.07) is 0.235. The van der Waals surface area contributed by atoms with Crippen molar-refractivity contribution in [2.75, 3.05) is 26.9 Å². The van der Waals surface area contributed by atoms with E-state index in [1.165, 1.54) is 5.69 Å². The van der Waals surface area contributed by atoms with Gasteiger partial charge in [0, 0.05) is 19.0 Å². The van der Waals surface area contributed by atoms with E-state index in [-0.39, 0.29) is 12.1 Å². The summed E-state index contributed by atoms with van der Waals surface area (Å²) in [6.07, 6.45) is 1.92. The van der Waals surface area contributed by atoms with Crippen LogP contribution < -0.4 is 5.32 Å². The van der Waals surface area contributed by atoms with Crippen LogP contribution in [0.25, 0.3) is 0 Å². The van der Waals surface area contributed by atoms with Crippen molar-refractivity contribution >= 4 is 15.9 Å². The molecule has 0 bridgehead atoms.